The van der Waals surface area contributed by atoms with E-state index in [0.717, 1.165) is 30.5 Å². The number of pyridine rings is 1. The molecule has 10 heteroatoms. The van der Waals surface area contributed by atoms with Gasteiger partial charge in [-0.3, -0.25) is 9.89 Å². The summed E-state index contributed by atoms with van der Waals surface area (Å²) in [4.78, 5) is 30.5. The minimum Gasteiger partial charge on any atom is -0.481 e. The van der Waals surface area contributed by atoms with Gasteiger partial charge in [0, 0.05) is 37.1 Å². The van der Waals surface area contributed by atoms with Gasteiger partial charge in [0.15, 0.2) is 5.82 Å². The Morgan fingerprint density at radius 3 is 2.88 bits per heavy atom. The number of ether oxygens (including phenoxy) is 3. The number of nitrogens with zero attached hydrogens (tertiary/aromatic N) is 3. The molecular weight excluding hydrogens is 414 g/mol. The second-order valence-corrected chi connectivity index (χ2v) is 8.32. The van der Waals surface area contributed by atoms with Crippen LogP contribution >= 0.6 is 0 Å². The third-order valence-corrected chi connectivity index (χ3v) is 6.27. The van der Waals surface area contributed by atoms with Crippen molar-refractivity contribution in [2.45, 2.75) is 56.8 Å². The first-order valence-corrected chi connectivity index (χ1v) is 10.8. The summed E-state index contributed by atoms with van der Waals surface area (Å²) in [6.07, 6.45) is 3.91. The number of carbonyl (C=O) groups is 2. The summed E-state index contributed by atoms with van der Waals surface area (Å²) in [6, 6.07) is 5.39. The van der Waals surface area contributed by atoms with Gasteiger partial charge in [-0.15, -0.1) is 0 Å². The highest BCUT2D eigenvalue weighted by Crippen LogP contribution is 2.36. The van der Waals surface area contributed by atoms with Crippen LogP contribution < -0.4 is 10.1 Å². The molecule has 0 radical (unpaired) electrons. The van der Waals surface area contributed by atoms with E-state index in [1.807, 2.05) is 13.0 Å². The van der Waals surface area contributed by atoms with E-state index in [-0.39, 0.29) is 42.6 Å². The lowest BCUT2D eigenvalue weighted by Crippen LogP contribution is -2.61. The largest absolute Gasteiger partial charge is 0.481 e. The van der Waals surface area contributed by atoms with Crippen LogP contribution in [0.1, 0.15) is 43.4 Å². The minimum atomic E-state index is -0.276. The third kappa shape index (κ3) is 4.85. The van der Waals surface area contributed by atoms with E-state index in [9.17, 15) is 9.59 Å². The van der Waals surface area contributed by atoms with Crippen LogP contribution in [0.15, 0.2) is 24.4 Å². The van der Waals surface area contributed by atoms with Crippen LogP contribution in [0.25, 0.3) is 0 Å². The molecule has 2 aliphatic rings. The molecular formula is C22H29N5O5. The zero-order valence-corrected chi connectivity index (χ0v) is 18.5. The Morgan fingerprint density at radius 1 is 1.28 bits per heavy atom. The molecule has 172 valence electrons. The van der Waals surface area contributed by atoms with Gasteiger partial charge in [0.05, 0.1) is 32.2 Å². The quantitative estimate of drug-likeness (QED) is 0.675. The SMILES string of the molecule is COc1cc(CC(=O)Nc2cc([C@H]3CC[C@@H](OC(=O)N4CC(OC)[C@@H]4C)C3)[nH]n2)ccn1. The molecule has 3 heterocycles. The average Bonchev–Trinajstić information content (AvgIpc) is 3.42. The summed E-state index contributed by atoms with van der Waals surface area (Å²) in [5.41, 5.74) is 1.74. The van der Waals surface area contributed by atoms with E-state index in [4.69, 9.17) is 14.2 Å². The first-order valence-electron chi connectivity index (χ1n) is 10.8. The van der Waals surface area contributed by atoms with Crippen molar-refractivity contribution in [3.8, 4) is 5.88 Å². The van der Waals surface area contributed by atoms with Gasteiger partial charge in [-0.1, -0.05) is 0 Å². The van der Waals surface area contributed by atoms with Gasteiger partial charge in [-0.2, -0.15) is 5.10 Å². The van der Waals surface area contributed by atoms with Gasteiger partial charge in [0.2, 0.25) is 11.8 Å². The van der Waals surface area contributed by atoms with Crippen LogP contribution in [0.4, 0.5) is 10.6 Å². The van der Waals surface area contributed by atoms with Gasteiger partial charge >= 0.3 is 6.09 Å². The smallest absolute Gasteiger partial charge is 0.410 e. The molecule has 2 aromatic heterocycles. The Hall–Kier alpha value is -3.14. The number of rotatable bonds is 7. The Kier molecular flexibility index (Phi) is 6.59. The molecule has 2 aromatic rings. The summed E-state index contributed by atoms with van der Waals surface area (Å²) in [6.45, 7) is 2.53. The number of hydrogen-bond donors (Lipinski definition) is 2. The maximum absolute atomic E-state index is 12.4. The Morgan fingerprint density at radius 2 is 2.12 bits per heavy atom. The lowest BCUT2D eigenvalue weighted by atomic mass is 10.0. The van der Waals surface area contributed by atoms with Crippen molar-refractivity contribution in [1.29, 1.82) is 0 Å². The Bertz CT molecular complexity index is 964. The zero-order valence-electron chi connectivity index (χ0n) is 18.5. The van der Waals surface area contributed by atoms with Crippen molar-refractivity contribution < 1.29 is 23.8 Å². The summed E-state index contributed by atoms with van der Waals surface area (Å²) >= 11 is 0. The number of amides is 2. The molecule has 0 spiro atoms. The molecule has 1 saturated heterocycles. The second-order valence-electron chi connectivity index (χ2n) is 8.32. The van der Waals surface area contributed by atoms with Crippen molar-refractivity contribution in [2.75, 3.05) is 26.1 Å². The van der Waals surface area contributed by atoms with Crippen molar-refractivity contribution in [1.82, 2.24) is 20.1 Å². The molecule has 1 aliphatic heterocycles. The molecule has 10 nitrogen and oxygen atoms in total. The number of hydrogen-bond acceptors (Lipinski definition) is 7. The van der Waals surface area contributed by atoms with E-state index in [1.165, 1.54) is 7.11 Å². The van der Waals surface area contributed by atoms with Crippen molar-refractivity contribution in [3.63, 3.8) is 0 Å². The average molecular weight is 444 g/mol. The summed E-state index contributed by atoms with van der Waals surface area (Å²) in [5.74, 6) is 0.978. The summed E-state index contributed by atoms with van der Waals surface area (Å²) in [5, 5.41) is 10.0. The van der Waals surface area contributed by atoms with E-state index < -0.39 is 0 Å². The topological polar surface area (TPSA) is 119 Å². The van der Waals surface area contributed by atoms with Crippen LogP contribution in [0, 0.1) is 0 Å². The number of methoxy groups -OCH3 is 2. The highest BCUT2D eigenvalue weighted by atomic mass is 16.6. The van der Waals surface area contributed by atoms with E-state index >= 15 is 0 Å². The van der Waals surface area contributed by atoms with Gasteiger partial charge < -0.3 is 24.4 Å². The van der Waals surface area contributed by atoms with E-state index in [1.54, 1.807) is 30.3 Å². The molecule has 4 atom stereocenters. The van der Waals surface area contributed by atoms with Crippen LogP contribution in [0.2, 0.25) is 0 Å². The number of aromatic nitrogens is 3. The number of likely N-dealkylation sites (tertiary alicyclic amines) is 1. The monoisotopic (exact) mass is 443 g/mol. The fourth-order valence-electron chi connectivity index (χ4n) is 4.28. The lowest BCUT2D eigenvalue weighted by Gasteiger charge is -2.44. The molecule has 1 aliphatic carbocycles. The number of carbonyl (C=O) groups excluding carboxylic acids is 2. The van der Waals surface area contributed by atoms with Gasteiger partial charge in [-0.05, 0) is 37.8 Å². The Labute approximate surface area is 186 Å². The number of aromatic amines is 1. The summed E-state index contributed by atoms with van der Waals surface area (Å²) in [7, 11) is 3.19. The number of anilines is 1. The van der Waals surface area contributed by atoms with Gasteiger partial charge in [0.25, 0.3) is 0 Å². The predicted octanol–water partition coefficient (Wildman–Crippen LogP) is 2.49. The minimum absolute atomic E-state index is 0.0386. The predicted molar refractivity (Wildman–Crippen MR) is 116 cm³/mol. The molecule has 1 saturated carbocycles. The second kappa shape index (κ2) is 9.56. The molecule has 2 N–H and O–H groups in total. The standard InChI is InChI=1S/C22H29N5O5/c1-13-18(30-2)12-27(13)22(29)32-16-5-4-15(10-16)17-11-19(26-25-17)24-20(28)8-14-6-7-23-21(9-14)31-3/h6-7,9,11,13,15-16,18H,4-5,8,10,12H2,1-3H3,(H2,24,25,26,28)/t13-,15-,16+,18?/m0/s1. The summed E-state index contributed by atoms with van der Waals surface area (Å²) < 4.78 is 16.1. The molecule has 0 bridgehead atoms. The highest BCUT2D eigenvalue weighted by molar-refractivity contribution is 5.91. The van der Waals surface area contributed by atoms with Crippen molar-refractivity contribution in [3.05, 3.63) is 35.7 Å². The maximum Gasteiger partial charge on any atom is 0.410 e. The zero-order chi connectivity index (χ0) is 22.7. The maximum atomic E-state index is 12.4. The first kappa shape index (κ1) is 22.1. The molecule has 4 rings (SSSR count). The first-order chi connectivity index (χ1) is 15.5. The molecule has 32 heavy (non-hydrogen) atoms. The molecule has 2 amide bonds. The van der Waals surface area contributed by atoms with E-state index in [0.29, 0.717) is 18.2 Å². The highest BCUT2D eigenvalue weighted by Gasteiger charge is 2.41. The third-order valence-electron chi connectivity index (χ3n) is 6.27. The van der Waals surface area contributed by atoms with Gasteiger partial charge in [0.1, 0.15) is 6.10 Å². The van der Waals surface area contributed by atoms with E-state index in [2.05, 4.69) is 20.5 Å². The van der Waals surface area contributed by atoms with Crippen LogP contribution in [-0.4, -0.2) is 71.1 Å². The van der Waals surface area contributed by atoms with Crippen molar-refractivity contribution in [2.24, 2.45) is 0 Å². The fourth-order valence-corrected chi connectivity index (χ4v) is 4.28. The molecule has 1 unspecified atom stereocenters. The number of nitrogens with one attached hydrogen (secondary N) is 2. The van der Waals surface area contributed by atoms with Crippen molar-refractivity contribution >= 4 is 17.8 Å². The fraction of sp³-hybridized carbons (Fsp3) is 0.545. The Balaban J connectivity index is 1.26. The van der Waals surface area contributed by atoms with Crippen LogP contribution in [-0.2, 0) is 20.7 Å². The van der Waals surface area contributed by atoms with Crippen LogP contribution in [0.3, 0.4) is 0 Å². The lowest BCUT2D eigenvalue weighted by molar-refractivity contribution is -0.115. The normalized spacial score (nSPS) is 24.7. The van der Waals surface area contributed by atoms with Gasteiger partial charge in [-0.25, -0.2) is 9.78 Å². The molecule has 0 aromatic carbocycles. The number of H-pyrrole nitrogens is 1. The molecule has 2 fully saturated rings. The van der Waals surface area contributed by atoms with Crippen LogP contribution in [0.5, 0.6) is 5.88 Å².